The smallest absolute Gasteiger partial charge is 0.352 e. The van der Waals surface area contributed by atoms with Crippen molar-refractivity contribution in [2.24, 2.45) is 0 Å². The number of aromatic nitrogens is 4. The Morgan fingerprint density at radius 1 is 1.31 bits per heavy atom. The van der Waals surface area contributed by atoms with Crippen molar-refractivity contribution in [3.05, 3.63) is 35.4 Å². The number of alkyl halides is 3. The first kappa shape index (κ1) is 17.3. The van der Waals surface area contributed by atoms with Crippen LogP contribution in [0.15, 0.2) is 29.4 Å². The molecule has 1 heterocycles. The minimum Gasteiger partial charge on any atom is -0.352 e. The molecule has 4 rings (SSSR count). The average molecular weight is 383 g/mol. The van der Waals surface area contributed by atoms with Crippen LogP contribution in [0.1, 0.15) is 42.3 Å². The molecule has 0 spiro atoms. The molecule has 2 fully saturated rings. The van der Waals surface area contributed by atoms with Crippen molar-refractivity contribution in [2.45, 2.75) is 48.6 Å². The molecule has 2 aliphatic carbocycles. The van der Waals surface area contributed by atoms with Gasteiger partial charge in [0.2, 0.25) is 11.1 Å². The number of amides is 1. The fraction of sp³-hybridized carbons (Fsp3) is 0.500. The summed E-state index contributed by atoms with van der Waals surface area (Å²) in [6.45, 7) is 0. The van der Waals surface area contributed by atoms with Gasteiger partial charge in [-0.05, 0) is 41.3 Å². The Kier molecular flexibility index (Phi) is 4.37. The molecule has 138 valence electrons. The fourth-order valence-electron chi connectivity index (χ4n) is 2.98. The predicted molar refractivity (Wildman–Crippen MR) is 87.5 cm³/mol. The first-order chi connectivity index (χ1) is 12.4. The molecular weight excluding hydrogens is 367 g/mol. The molecule has 1 N–H and O–H groups in total. The number of carbonyl (C=O) groups excluding carboxylic acids is 1. The lowest BCUT2D eigenvalue weighted by atomic mass is 10.0. The topological polar surface area (TPSA) is 72.7 Å². The Labute approximate surface area is 151 Å². The van der Waals surface area contributed by atoms with Crippen LogP contribution in [0.5, 0.6) is 0 Å². The van der Waals surface area contributed by atoms with Crippen LogP contribution in [0.25, 0.3) is 0 Å². The summed E-state index contributed by atoms with van der Waals surface area (Å²) in [6, 6.07) is 5.60. The zero-order valence-electron chi connectivity index (χ0n) is 13.6. The molecule has 0 saturated heterocycles. The monoisotopic (exact) mass is 383 g/mol. The van der Waals surface area contributed by atoms with E-state index in [2.05, 4.69) is 20.8 Å². The average Bonchev–Trinajstić information content (AvgIpc) is 3.52. The molecule has 2 aromatic rings. The third kappa shape index (κ3) is 3.69. The molecule has 10 heteroatoms. The summed E-state index contributed by atoms with van der Waals surface area (Å²) in [5.74, 6) is -0.382. The zero-order valence-corrected chi connectivity index (χ0v) is 14.4. The van der Waals surface area contributed by atoms with Crippen LogP contribution >= 0.6 is 11.8 Å². The zero-order chi connectivity index (χ0) is 18.3. The fourth-order valence-corrected chi connectivity index (χ4v) is 3.74. The molecule has 0 radical (unpaired) electrons. The van der Waals surface area contributed by atoms with Crippen LogP contribution in [0.3, 0.4) is 0 Å². The second-order valence-corrected chi connectivity index (χ2v) is 7.47. The van der Waals surface area contributed by atoms with E-state index in [1.54, 1.807) is 10.7 Å². The molecule has 0 aliphatic heterocycles. The lowest BCUT2D eigenvalue weighted by Gasteiger charge is -2.12. The maximum atomic E-state index is 13.1. The molecule has 6 nitrogen and oxygen atoms in total. The lowest BCUT2D eigenvalue weighted by Crippen LogP contribution is -2.28. The quantitative estimate of drug-likeness (QED) is 0.777. The van der Waals surface area contributed by atoms with Gasteiger partial charge in [0.05, 0.1) is 17.4 Å². The minimum absolute atomic E-state index is 0.136. The van der Waals surface area contributed by atoms with E-state index < -0.39 is 11.7 Å². The normalized spacial score (nSPS) is 22.3. The van der Waals surface area contributed by atoms with Gasteiger partial charge in [0, 0.05) is 12.0 Å². The van der Waals surface area contributed by atoms with Crippen molar-refractivity contribution in [2.75, 3.05) is 5.75 Å². The van der Waals surface area contributed by atoms with Gasteiger partial charge in [-0.2, -0.15) is 13.2 Å². The molecule has 2 aliphatic rings. The summed E-state index contributed by atoms with van der Waals surface area (Å²) < 4.78 is 41.0. The molecule has 2 atom stereocenters. The Morgan fingerprint density at radius 2 is 2.08 bits per heavy atom. The Hall–Kier alpha value is -2.10. The molecule has 0 unspecified atom stereocenters. The largest absolute Gasteiger partial charge is 0.416 e. The van der Waals surface area contributed by atoms with Gasteiger partial charge in [-0.1, -0.05) is 30.0 Å². The van der Waals surface area contributed by atoms with Crippen molar-refractivity contribution in [3.8, 4) is 0 Å². The van der Waals surface area contributed by atoms with E-state index in [1.807, 2.05) is 0 Å². The van der Waals surface area contributed by atoms with Gasteiger partial charge in [-0.15, -0.1) is 5.10 Å². The first-order valence-electron chi connectivity index (χ1n) is 8.29. The highest BCUT2D eigenvalue weighted by molar-refractivity contribution is 7.99. The molecule has 1 aromatic heterocycles. The number of rotatable bonds is 6. The van der Waals surface area contributed by atoms with Gasteiger partial charge in [0.1, 0.15) is 0 Å². The summed E-state index contributed by atoms with van der Waals surface area (Å²) in [6.07, 6.45) is -1.80. The van der Waals surface area contributed by atoms with Gasteiger partial charge in [0.25, 0.3) is 0 Å². The van der Waals surface area contributed by atoms with Gasteiger partial charge in [0.15, 0.2) is 0 Å². The van der Waals surface area contributed by atoms with Crippen molar-refractivity contribution >= 4 is 17.7 Å². The lowest BCUT2D eigenvalue weighted by molar-refractivity contribution is -0.138. The van der Waals surface area contributed by atoms with Crippen LogP contribution in [-0.2, 0) is 11.0 Å². The van der Waals surface area contributed by atoms with Crippen molar-refractivity contribution in [1.82, 2.24) is 25.5 Å². The van der Waals surface area contributed by atoms with Crippen LogP contribution in [0.2, 0.25) is 0 Å². The predicted octanol–water partition coefficient (Wildman–Crippen LogP) is 2.79. The maximum Gasteiger partial charge on any atom is 0.416 e. The van der Waals surface area contributed by atoms with E-state index in [4.69, 9.17) is 0 Å². The highest BCUT2D eigenvalue weighted by atomic mass is 32.2. The van der Waals surface area contributed by atoms with Crippen molar-refractivity contribution < 1.29 is 18.0 Å². The number of hydrogen-bond donors (Lipinski definition) is 1. The van der Waals surface area contributed by atoms with E-state index >= 15 is 0 Å². The summed E-state index contributed by atoms with van der Waals surface area (Å²) in [7, 11) is 0. The molecule has 1 amide bonds. The summed E-state index contributed by atoms with van der Waals surface area (Å²) >= 11 is 1.24. The highest BCUT2D eigenvalue weighted by Gasteiger charge is 2.44. The van der Waals surface area contributed by atoms with Crippen molar-refractivity contribution in [3.63, 3.8) is 0 Å². The second-order valence-electron chi connectivity index (χ2n) is 6.53. The number of benzene rings is 1. The van der Waals surface area contributed by atoms with E-state index in [0.717, 1.165) is 18.9 Å². The Balaban J connectivity index is 1.32. The standard InChI is InChI=1S/C16H16F3N5OS/c17-16(18,19)12-4-2-1-3-10(12)11-7-13(11)20-14(25)8-26-15-21-22-23-24(15)9-5-6-9/h1-4,9,11,13H,5-8H2,(H,20,25)/t11-,13-/m1/s1. The highest BCUT2D eigenvalue weighted by Crippen LogP contribution is 2.46. The second kappa shape index (κ2) is 6.57. The van der Waals surface area contributed by atoms with Gasteiger partial charge >= 0.3 is 6.18 Å². The van der Waals surface area contributed by atoms with E-state index in [1.165, 1.54) is 23.9 Å². The third-order valence-electron chi connectivity index (χ3n) is 4.49. The molecule has 26 heavy (non-hydrogen) atoms. The van der Waals surface area contributed by atoms with Gasteiger partial charge in [-0.3, -0.25) is 4.79 Å². The van der Waals surface area contributed by atoms with Crippen molar-refractivity contribution in [1.29, 1.82) is 0 Å². The number of thioether (sulfide) groups is 1. The van der Waals surface area contributed by atoms with Crippen LogP contribution in [-0.4, -0.2) is 37.9 Å². The molecule has 1 aromatic carbocycles. The minimum atomic E-state index is -4.39. The summed E-state index contributed by atoms with van der Waals surface area (Å²) in [5, 5.41) is 14.8. The van der Waals surface area contributed by atoms with E-state index in [9.17, 15) is 18.0 Å². The van der Waals surface area contributed by atoms with Gasteiger partial charge < -0.3 is 5.32 Å². The molecular formula is C16H16F3N5OS. The van der Waals surface area contributed by atoms with Gasteiger partial charge in [-0.25, -0.2) is 4.68 Å². The molecule has 0 bridgehead atoms. The van der Waals surface area contributed by atoms with E-state index in [0.29, 0.717) is 17.6 Å². The number of nitrogens with zero attached hydrogens (tertiary/aromatic N) is 4. The summed E-state index contributed by atoms with van der Waals surface area (Å²) in [4.78, 5) is 12.1. The number of nitrogens with one attached hydrogen (secondary N) is 1. The number of tetrazole rings is 1. The summed E-state index contributed by atoms with van der Waals surface area (Å²) in [5.41, 5.74) is -0.379. The Bertz CT molecular complexity index is 820. The van der Waals surface area contributed by atoms with Crippen LogP contribution in [0, 0.1) is 0 Å². The third-order valence-corrected chi connectivity index (χ3v) is 5.42. The van der Waals surface area contributed by atoms with Crippen LogP contribution in [0.4, 0.5) is 13.2 Å². The number of carbonyl (C=O) groups is 1. The van der Waals surface area contributed by atoms with E-state index in [-0.39, 0.29) is 29.2 Å². The number of hydrogen-bond acceptors (Lipinski definition) is 5. The first-order valence-corrected chi connectivity index (χ1v) is 9.28. The maximum absolute atomic E-state index is 13.1. The molecule has 2 saturated carbocycles. The SMILES string of the molecule is O=C(CSc1nnnn1C1CC1)N[C@@H]1C[C@@H]1c1ccccc1C(F)(F)F. The van der Waals surface area contributed by atoms with Crippen LogP contribution < -0.4 is 5.32 Å². The Morgan fingerprint density at radius 3 is 2.81 bits per heavy atom. The number of halogens is 3.